The first-order valence-electron chi connectivity index (χ1n) is 7.17. The van der Waals surface area contributed by atoms with Crippen molar-refractivity contribution in [1.82, 2.24) is 0 Å². The van der Waals surface area contributed by atoms with E-state index >= 15 is 0 Å². The van der Waals surface area contributed by atoms with E-state index in [1.54, 1.807) is 0 Å². The molecule has 0 aromatic heterocycles. The average Bonchev–Trinajstić information content (AvgIpc) is 2.24. The van der Waals surface area contributed by atoms with Crippen molar-refractivity contribution in [1.29, 1.82) is 0 Å². The Hall–Kier alpha value is -0.300. The van der Waals surface area contributed by atoms with Gasteiger partial charge in [-0.05, 0) is 49.9 Å². The zero-order valence-corrected chi connectivity index (χ0v) is 12.4. The molecule has 1 aliphatic carbocycles. The van der Waals surface area contributed by atoms with Gasteiger partial charge in [-0.15, -0.1) is 0 Å². The maximum Gasteiger partial charge on any atom is 0.0570 e. The average molecular weight is 238 g/mol. The molecule has 0 aliphatic heterocycles. The van der Waals surface area contributed by atoms with Crippen molar-refractivity contribution >= 4 is 0 Å². The van der Waals surface area contributed by atoms with Crippen molar-refractivity contribution in [2.75, 3.05) is 6.61 Å². The standard InChI is InChI=1S/C16H30O/c1-7-16(11-17-15(6)12(2)3)9-13(4)8-14(5)10-16/h12,14-15H,4,7-11H2,1-3,5-6H3. The van der Waals surface area contributed by atoms with E-state index in [0.717, 1.165) is 12.5 Å². The van der Waals surface area contributed by atoms with Gasteiger partial charge in [0.25, 0.3) is 0 Å². The zero-order valence-electron chi connectivity index (χ0n) is 12.4. The lowest BCUT2D eigenvalue weighted by atomic mass is 9.67. The summed E-state index contributed by atoms with van der Waals surface area (Å²) in [5.74, 6) is 1.38. The van der Waals surface area contributed by atoms with Crippen LogP contribution < -0.4 is 0 Å². The Balaban J connectivity index is 2.59. The Morgan fingerprint density at radius 2 is 2.06 bits per heavy atom. The van der Waals surface area contributed by atoms with E-state index in [0.29, 0.717) is 17.4 Å². The highest BCUT2D eigenvalue weighted by Gasteiger charge is 2.35. The first-order chi connectivity index (χ1) is 7.88. The third-order valence-corrected chi connectivity index (χ3v) is 4.38. The van der Waals surface area contributed by atoms with E-state index in [4.69, 9.17) is 4.74 Å². The molecule has 0 aromatic carbocycles. The van der Waals surface area contributed by atoms with Gasteiger partial charge < -0.3 is 4.74 Å². The van der Waals surface area contributed by atoms with E-state index in [9.17, 15) is 0 Å². The van der Waals surface area contributed by atoms with Crippen LogP contribution in [0, 0.1) is 17.3 Å². The van der Waals surface area contributed by atoms with Crippen LogP contribution in [-0.4, -0.2) is 12.7 Å². The highest BCUT2D eigenvalue weighted by molar-refractivity contribution is 5.06. The molecule has 0 bridgehead atoms. The van der Waals surface area contributed by atoms with Gasteiger partial charge in [-0.3, -0.25) is 0 Å². The second kappa shape index (κ2) is 6.04. The molecule has 17 heavy (non-hydrogen) atoms. The van der Waals surface area contributed by atoms with Gasteiger partial charge >= 0.3 is 0 Å². The minimum absolute atomic E-state index is 0.359. The molecule has 0 aromatic rings. The van der Waals surface area contributed by atoms with Crippen molar-refractivity contribution in [3.63, 3.8) is 0 Å². The van der Waals surface area contributed by atoms with Gasteiger partial charge in [0.05, 0.1) is 12.7 Å². The molecular formula is C16H30O. The van der Waals surface area contributed by atoms with Gasteiger partial charge in [0, 0.05) is 0 Å². The predicted molar refractivity (Wildman–Crippen MR) is 75.1 cm³/mol. The van der Waals surface area contributed by atoms with Crippen molar-refractivity contribution in [3.05, 3.63) is 12.2 Å². The van der Waals surface area contributed by atoms with Gasteiger partial charge in [-0.1, -0.05) is 39.8 Å². The van der Waals surface area contributed by atoms with Crippen LogP contribution in [0.3, 0.4) is 0 Å². The summed E-state index contributed by atoms with van der Waals surface area (Å²) in [6.07, 6.45) is 5.25. The molecule has 3 unspecified atom stereocenters. The van der Waals surface area contributed by atoms with Crippen molar-refractivity contribution < 1.29 is 4.74 Å². The van der Waals surface area contributed by atoms with E-state index in [1.807, 2.05) is 0 Å². The van der Waals surface area contributed by atoms with Crippen molar-refractivity contribution in [2.24, 2.45) is 17.3 Å². The van der Waals surface area contributed by atoms with Crippen LogP contribution in [0.5, 0.6) is 0 Å². The molecular weight excluding hydrogens is 208 g/mol. The van der Waals surface area contributed by atoms with E-state index in [-0.39, 0.29) is 0 Å². The molecule has 1 nitrogen and oxygen atoms in total. The van der Waals surface area contributed by atoms with Crippen LogP contribution in [0.15, 0.2) is 12.2 Å². The van der Waals surface area contributed by atoms with Crippen LogP contribution in [0.4, 0.5) is 0 Å². The quantitative estimate of drug-likeness (QED) is 0.624. The van der Waals surface area contributed by atoms with E-state index in [2.05, 4.69) is 41.2 Å². The maximum absolute atomic E-state index is 6.09. The van der Waals surface area contributed by atoms with Crippen molar-refractivity contribution in [3.8, 4) is 0 Å². The van der Waals surface area contributed by atoms with Gasteiger partial charge in [0.1, 0.15) is 0 Å². The summed E-state index contributed by atoms with van der Waals surface area (Å²) in [5.41, 5.74) is 1.78. The molecule has 1 saturated carbocycles. The predicted octanol–water partition coefficient (Wildman–Crippen LogP) is 4.82. The second-order valence-electron chi connectivity index (χ2n) is 6.55. The Morgan fingerprint density at radius 1 is 1.41 bits per heavy atom. The minimum atomic E-state index is 0.359. The fraction of sp³-hybridized carbons (Fsp3) is 0.875. The van der Waals surface area contributed by atoms with Crippen LogP contribution in [-0.2, 0) is 4.74 Å². The molecule has 0 spiro atoms. The Kier molecular flexibility index (Phi) is 5.24. The molecule has 1 rings (SSSR count). The third-order valence-electron chi connectivity index (χ3n) is 4.38. The zero-order chi connectivity index (χ0) is 13.1. The van der Waals surface area contributed by atoms with Crippen LogP contribution >= 0.6 is 0 Å². The summed E-state index contributed by atoms with van der Waals surface area (Å²) in [6, 6.07) is 0. The summed E-state index contributed by atoms with van der Waals surface area (Å²) < 4.78 is 6.09. The topological polar surface area (TPSA) is 9.23 Å². The molecule has 0 heterocycles. The lowest BCUT2D eigenvalue weighted by molar-refractivity contribution is -0.0365. The first kappa shape index (κ1) is 14.8. The number of hydrogen-bond acceptors (Lipinski definition) is 1. The number of hydrogen-bond donors (Lipinski definition) is 0. The molecule has 0 amide bonds. The number of allylic oxidation sites excluding steroid dienone is 1. The molecule has 0 N–H and O–H groups in total. The third kappa shape index (κ3) is 4.13. The molecule has 1 aliphatic rings. The monoisotopic (exact) mass is 238 g/mol. The molecule has 100 valence electrons. The highest BCUT2D eigenvalue weighted by atomic mass is 16.5. The Morgan fingerprint density at radius 3 is 2.53 bits per heavy atom. The van der Waals surface area contributed by atoms with Crippen LogP contribution in [0.25, 0.3) is 0 Å². The van der Waals surface area contributed by atoms with Crippen LogP contribution in [0.2, 0.25) is 0 Å². The van der Waals surface area contributed by atoms with Crippen molar-refractivity contribution in [2.45, 2.75) is 66.4 Å². The second-order valence-corrected chi connectivity index (χ2v) is 6.55. The largest absolute Gasteiger partial charge is 0.378 e. The summed E-state index contributed by atoms with van der Waals surface area (Å²) in [4.78, 5) is 0. The summed E-state index contributed by atoms with van der Waals surface area (Å²) in [5, 5.41) is 0. The number of ether oxygens (including phenoxy) is 1. The fourth-order valence-electron chi connectivity index (χ4n) is 2.96. The normalized spacial score (nSPS) is 31.9. The summed E-state index contributed by atoms with van der Waals surface area (Å²) in [6.45, 7) is 16.4. The summed E-state index contributed by atoms with van der Waals surface area (Å²) >= 11 is 0. The fourth-order valence-corrected chi connectivity index (χ4v) is 2.96. The Labute approximate surface area is 108 Å². The van der Waals surface area contributed by atoms with Gasteiger partial charge in [-0.25, -0.2) is 0 Å². The molecule has 0 radical (unpaired) electrons. The van der Waals surface area contributed by atoms with E-state index < -0.39 is 0 Å². The molecule has 1 heteroatoms. The summed E-state index contributed by atoms with van der Waals surface area (Å²) in [7, 11) is 0. The highest BCUT2D eigenvalue weighted by Crippen LogP contribution is 2.44. The lowest BCUT2D eigenvalue weighted by Gasteiger charge is -2.41. The van der Waals surface area contributed by atoms with Gasteiger partial charge in [0.15, 0.2) is 0 Å². The molecule has 3 atom stereocenters. The minimum Gasteiger partial charge on any atom is -0.378 e. The maximum atomic E-state index is 6.09. The molecule has 1 fully saturated rings. The lowest BCUT2D eigenvalue weighted by Crippen LogP contribution is -2.35. The smallest absolute Gasteiger partial charge is 0.0570 e. The number of rotatable bonds is 5. The first-order valence-corrected chi connectivity index (χ1v) is 7.17. The van der Waals surface area contributed by atoms with Crippen LogP contribution in [0.1, 0.15) is 60.3 Å². The molecule has 0 saturated heterocycles. The van der Waals surface area contributed by atoms with Gasteiger partial charge in [-0.2, -0.15) is 0 Å². The Bertz CT molecular complexity index is 256. The SMILES string of the molecule is C=C1CC(C)CC(CC)(COC(C)C(C)C)C1. The van der Waals surface area contributed by atoms with E-state index in [1.165, 1.54) is 31.3 Å². The van der Waals surface area contributed by atoms with Gasteiger partial charge in [0.2, 0.25) is 0 Å².